The highest BCUT2D eigenvalue weighted by atomic mass is 14.9. The highest BCUT2D eigenvalue weighted by molar-refractivity contribution is 4.93. The molecule has 0 aromatic heterocycles. The summed E-state index contributed by atoms with van der Waals surface area (Å²) in [6.45, 7) is 13.5. The van der Waals surface area contributed by atoms with Gasteiger partial charge in [0.2, 0.25) is 0 Å². The monoisotopic (exact) mass is 155 g/mol. The molecule has 0 spiro atoms. The van der Waals surface area contributed by atoms with E-state index in [-0.39, 0.29) is 5.54 Å². The molecule has 1 nitrogen and oxygen atoms in total. The molecule has 0 fully saturated rings. The Morgan fingerprint density at radius 2 is 2.00 bits per heavy atom. The summed E-state index contributed by atoms with van der Waals surface area (Å²) in [7, 11) is 0. The van der Waals surface area contributed by atoms with E-state index >= 15 is 0 Å². The van der Waals surface area contributed by atoms with Gasteiger partial charge in [-0.05, 0) is 27.2 Å². The van der Waals surface area contributed by atoms with E-state index in [1.165, 1.54) is 18.4 Å². The van der Waals surface area contributed by atoms with Gasteiger partial charge in [-0.25, -0.2) is 0 Å². The van der Waals surface area contributed by atoms with Gasteiger partial charge in [0.25, 0.3) is 0 Å². The maximum atomic E-state index is 3.86. The minimum atomic E-state index is 0.272. The molecule has 66 valence electrons. The molecule has 0 amide bonds. The van der Waals surface area contributed by atoms with Gasteiger partial charge in [0, 0.05) is 12.1 Å². The third kappa shape index (κ3) is 6.11. The van der Waals surface area contributed by atoms with Crippen LogP contribution in [-0.2, 0) is 0 Å². The Bertz CT molecular complexity index is 125. The number of hydrogen-bond acceptors (Lipinski definition) is 1. The molecule has 0 radical (unpaired) electrons. The smallest absolute Gasteiger partial charge is 0.0164 e. The van der Waals surface area contributed by atoms with Crippen LogP contribution in [0, 0.1) is 0 Å². The molecule has 1 heteroatoms. The molecule has 1 N–H and O–H groups in total. The van der Waals surface area contributed by atoms with Crippen molar-refractivity contribution in [1.82, 2.24) is 5.32 Å². The van der Waals surface area contributed by atoms with Gasteiger partial charge < -0.3 is 5.32 Å². The molecule has 0 rings (SSSR count). The predicted octanol–water partition coefficient (Wildman–Crippen LogP) is 2.73. The molecule has 0 atom stereocenters. The van der Waals surface area contributed by atoms with Crippen LogP contribution in [0.1, 0.15) is 40.5 Å². The molecule has 0 saturated heterocycles. The molecule has 0 aliphatic heterocycles. The average Bonchev–Trinajstić information content (AvgIpc) is 1.84. The summed E-state index contributed by atoms with van der Waals surface area (Å²) in [6, 6.07) is 0. The second kappa shape index (κ2) is 4.55. The molecular weight excluding hydrogens is 134 g/mol. The number of hydrogen-bond donors (Lipinski definition) is 1. The largest absolute Gasteiger partial charge is 0.308 e. The van der Waals surface area contributed by atoms with Crippen LogP contribution in [0.3, 0.4) is 0 Å². The van der Waals surface area contributed by atoms with E-state index in [1.807, 2.05) is 0 Å². The van der Waals surface area contributed by atoms with E-state index in [0.29, 0.717) is 0 Å². The van der Waals surface area contributed by atoms with E-state index in [4.69, 9.17) is 0 Å². The zero-order valence-corrected chi connectivity index (χ0v) is 8.33. The van der Waals surface area contributed by atoms with Crippen molar-refractivity contribution in [2.24, 2.45) is 0 Å². The minimum Gasteiger partial charge on any atom is -0.308 e. The average molecular weight is 155 g/mol. The lowest BCUT2D eigenvalue weighted by Gasteiger charge is -2.25. The first kappa shape index (κ1) is 10.7. The molecule has 11 heavy (non-hydrogen) atoms. The fourth-order valence-electron chi connectivity index (χ4n) is 1.10. The summed E-state index contributed by atoms with van der Waals surface area (Å²) in [5, 5.41) is 3.46. The Hall–Kier alpha value is -0.300. The van der Waals surface area contributed by atoms with Crippen LogP contribution in [0.4, 0.5) is 0 Å². The van der Waals surface area contributed by atoms with Crippen molar-refractivity contribution < 1.29 is 0 Å². The van der Waals surface area contributed by atoms with Crippen molar-refractivity contribution in [3.8, 4) is 0 Å². The van der Waals surface area contributed by atoms with Crippen molar-refractivity contribution in [3.05, 3.63) is 12.2 Å². The van der Waals surface area contributed by atoms with Gasteiger partial charge in [-0.1, -0.05) is 25.5 Å². The van der Waals surface area contributed by atoms with Crippen molar-refractivity contribution in [2.75, 3.05) is 6.54 Å². The molecular formula is C10H21N. The SMILES string of the molecule is C=C(C)CNC(C)(C)CCC. The van der Waals surface area contributed by atoms with Gasteiger partial charge in [-0.2, -0.15) is 0 Å². The van der Waals surface area contributed by atoms with Crippen LogP contribution in [0.5, 0.6) is 0 Å². The lowest BCUT2D eigenvalue weighted by Crippen LogP contribution is -2.39. The molecule has 0 aliphatic carbocycles. The van der Waals surface area contributed by atoms with E-state index in [2.05, 4.69) is 39.6 Å². The third-order valence-electron chi connectivity index (χ3n) is 1.74. The van der Waals surface area contributed by atoms with E-state index in [1.54, 1.807) is 0 Å². The predicted molar refractivity (Wildman–Crippen MR) is 51.8 cm³/mol. The molecule has 0 aromatic carbocycles. The first-order valence-corrected chi connectivity index (χ1v) is 4.37. The second-order valence-corrected chi connectivity index (χ2v) is 3.94. The summed E-state index contributed by atoms with van der Waals surface area (Å²) in [5.41, 5.74) is 1.47. The van der Waals surface area contributed by atoms with Crippen molar-refractivity contribution in [2.45, 2.75) is 46.1 Å². The van der Waals surface area contributed by atoms with Crippen LogP contribution in [0.25, 0.3) is 0 Å². The third-order valence-corrected chi connectivity index (χ3v) is 1.74. The molecule has 0 heterocycles. The maximum absolute atomic E-state index is 3.86. The normalized spacial score (nSPS) is 11.6. The number of rotatable bonds is 5. The number of nitrogens with one attached hydrogen (secondary N) is 1. The van der Waals surface area contributed by atoms with Gasteiger partial charge >= 0.3 is 0 Å². The van der Waals surface area contributed by atoms with Gasteiger partial charge in [-0.3, -0.25) is 0 Å². The molecule has 0 saturated carbocycles. The lowest BCUT2D eigenvalue weighted by atomic mass is 9.99. The van der Waals surface area contributed by atoms with Gasteiger partial charge in [0.05, 0.1) is 0 Å². The standard InChI is InChI=1S/C10H21N/c1-6-7-10(4,5)11-8-9(2)3/h11H,2,6-8H2,1,3-5H3. The van der Waals surface area contributed by atoms with Crippen LogP contribution < -0.4 is 5.32 Å². The van der Waals surface area contributed by atoms with Gasteiger partial charge in [0.1, 0.15) is 0 Å². The van der Waals surface area contributed by atoms with Gasteiger partial charge in [0.15, 0.2) is 0 Å². The van der Waals surface area contributed by atoms with Crippen LogP contribution in [-0.4, -0.2) is 12.1 Å². The summed E-state index contributed by atoms with van der Waals surface area (Å²) in [4.78, 5) is 0. The Morgan fingerprint density at radius 1 is 1.45 bits per heavy atom. The van der Waals surface area contributed by atoms with E-state index in [0.717, 1.165) is 6.54 Å². The summed E-state index contributed by atoms with van der Waals surface area (Å²) in [6.07, 6.45) is 2.45. The fraction of sp³-hybridized carbons (Fsp3) is 0.800. The Labute approximate surface area is 70.9 Å². The van der Waals surface area contributed by atoms with Crippen molar-refractivity contribution in [1.29, 1.82) is 0 Å². The van der Waals surface area contributed by atoms with Crippen molar-refractivity contribution >= 4 is 0 Å². The Balaban J connectivity index is 3.63. The first-order valence-electron chi connectivity index (χ1n) is 4.37. The van der Waals surface area contributed by atoms with Crippen LogP contribution in [0.15, 0.2) is 12.2 Å². The Kier molecular flexibility index (Phi) is 4.43. The quantitative estimate of drug-likeness (QED) is 0.602. The van der Waals surface area contributed by atoms with E-state index < -0.39 is 0 Å². The second-order valence-electron chi connectivity index (χ2n) is 3.94. The zero-order chi connectivity index (χ0) is 8.91. The van der Waals surface area contributed by atoms with Crippen LogP contribution >= 0.6 is 0 Å². The molecule has 0 aliphatic rings. The maximum Gasteiger partial charge on any atom is 0.0164 e. The van der Waals surface area contributed by atoms with E-state index in [9.17, 15) is 0 Å². The minimum absolute atomic E-state index is 0.272. The van der Waals surface area contributed by atoms with Gasteiger partial charge in [-0.15, -0.1) is 0 Å². The molecule has 0 aromatic rings. The molecule has 0 unspecified atom stereocenters. The zero-order valence-electron chi connectivity index (χ0n) is 8.33. The summed E-state index contributed by atoms with van der Waals surface area (Å²) < 4.78 is 0. The fourth-order valence-corrected chi connectivity index (χ4v) is 1.10. The summed E-state index contributed by atoms with van der Waals surface area (Å²) >= 11 is 0. The highest BCUT2D eigenvalue weighted by Crippen LogP contribution is 2.10. The summed E-state index contributed by atoms with van der Waals surface area (Å²) in [5.74, 6) is 0. The van der Waals surface area contributed by atoms with Crippen molar-refractivity contribution in [3.63, 3.8) is 0 Å². The Morgan fingerprint density at radius 3 is 2.36 bits per heavy atom. The first-order chi connectivity index (χ1) is 4.98. The lowest BCUT2D eigenvalue weighted by molar-refractivity contribution is 0.372. The highest BCUT2D eigenvalue weighted by Gasteiger charge is 2.14. The topological polar surface area (TPSA) is 12.0 Å². The van der Waals surface area contributed by atoms with Crippen LogP contribution in [0.2, 0.25) is 0 Å². The molecule has 0 bridgehead atoms.